The molecule has 0 aliphatic heterocycles. The molecule has 0 spiro atoms. The molecule has 134 valence electrons. The van der Waals surface area contributed by atoms with Gasteiger partial charge in [-0.05, 0) is 13.0 Å². The molecule has 0 atom stereocenters. The van der Waals surface area contributed by atoms with Crippen LogP contribution < -0.4 is 5.32 Å². The molecule has 0 fully saturated rings. The highest BCUT2D eigenvalue weighted by molar-refractivity contribution is 7.99. The quantitative estimate of drug-likeness (QED) is 0.507. The Morgan fingerprint density at radius 1 is 1.19 bits per heavy atom. The molecule has 3 aromatic rings. The number of benzene rings is 1. The van der Waals surface area contributed by atoms with Crippen molar-refractivity contribution >= 4 is 34.1 Å². The van der Waals surface area contributed by atoms with E-state index in [9.17, 15) is 4.79 Å². The fraction of sp³-hybridized carbons (Fsp3) is 0.278. The van der Waals surface area contributed by atoms with Crippen molar-refractivity contribution < 1.29 is 4.79 Å². The van der Waals surface area contributed by atoms with Crippen molar-refractivity contribution in [3.05, 3.63) is 47.1 Å². The van der Waals surface area contributed by atoms with Crippen molar-refractivity contribution in [2.75, 3.05) is 11.1 Å². The van der Waals surface area contributed by atoms with E-state index in [0.29, 0.717) is 16.2 Å². The van der Waals surface area contributed by atoms with E-state index in [1.165, 1.54) is 23.1 Å². The SMILES string of the molecule is Cc1cc(-c2ccccc2)nc(SCC(=O)Nc2nnc(C(C)C)s2)n1. The van der Waals surface area contributed by atoms with Crippen molar-refractivity contribution in [3.63, 3.8) is 0 Å². The summed E-state index contributed by atoms with van der Waals surface area (Å²) in [5.41, 5.74) is 2.75. The molecule has 8 heteroatoms. The lowest BCUT2D eigenvalue weighted by molar-refractivity contribution is -0.113. The van der Waals surface area contributed by atoms with Gasteiger partial charge in [-0.1, -0.05) is 67.3 Å². The highest BCUT2D eigenvalue weighted by atomic mass is 32.2. The molecule has 0 aliphatic rings. The molecule has 1 amide bonds. The van der Waals surface area contributed by atoms with Crippen molar-refractivity contribution in [2.45, 2.75) is 31.8 Å². The summed E-state index contributed by atoms with van der Waals surface area (Å²) in [6.07, 6.45) is 0. The van der Waals surface area contributed by atoms with Crippen molar-refractivity contribution in [1.82, 2.24) is 20.2 Å². The fourth-order valence-corrected chi connectivity index (χ4v) is 3.63. The number of carbonyl (C=O) groups is 1. The van der Waals surface area contributed by atoms with Gasteiger partial charge in [0.2, 0.25) is 11.0 Å². The Balaban J connectivity index is 1.63. The number of aromatic nitrogens is 4. The number of hydrogen-bond acceptors (Lipinski definition) is 7. The van der Waals surface area contributed by atoms with Crippen LogP contribution in [0, 0.1) is 6.92 Å². The van der Waals surface area contributed by atoms with E-state index in [1.807, 2.05) is 57.2 Å². The van der Waals surface area contributed by atoms with Gasteiger partial charge in [-0.25, -0.2) is 9.97 Å². The monoisotopic (exact) mass is 385 g/mol. The van der Waals surface area contributed by atoms with E-state index in [0.717, 1.165) is 22.0 Å². The molecular formula is C18H19N5OS2. The maximum absolute atomic E-state index is 12.2. The number of anilines is 1. The number of thioether (sulfide) groups is 1. The topological polar surface area (TPSA) is 80.7 Å². The summed E-state index contributed by atoms with van der Waals surface area (Å²) in [5, 5.41) is 12.9. The Labute approximate surface area is 160 Å². The summed E-state index contributed by atoms with van der Waals surface area (Å²) in [4.78, 5) is 21.1. The third-order valence-electron chi connectivity index (χ3n) is 3.42. The summed E-state index contributed by atoms with van der Waals surface area (Å²) in [5.74, 6) is 0.367. The second kappa shape index (κ2) is 8.37. The lowest BCUT2D eigenvalue weighted by Crippen LogP contribution is -2.14. The van der Waals surface area contributed by atoms with Gasteiger partial charge in [-0.3, -0.25) is 10.1 Å². The fourth-order valence-electron chi connectivity index (χ4n) is 2.17. The maximum atomic E-state index is 12.2. The number of rotatable bonds is 6. The van der Waals surface area contributed by atoms with Crippen LogP contribution in [0.4, 0.5) is 5.13 Å². The van der Waals surface area contributed by atoms with E-state index >= 15 is 0 Å². The van der Waals surface area contributed by atoms with Crippen molar-refractivity contribution in [2.24, 2.45) is 0 Å². The molecule has 0 bridgehead atoms. The average molecular weight is 386 g/mol. The Kier molecular flexibility index (Phi) is 5.95. The van der Waals surface area contributed by atoms with Gasteiger partial charge in [-0.2, -0.15) is 0 Å². The van der Waals surface area contributed by atoms with Crippen LogP contribution in [0.5, 0.6) is 0 Å². The highest BCUT2D eigenvalue weighted by Gasteiger charge is 2.12. The second-order valence-electron chi connectivity index (χ2n) is 5.98. The minimum atomic E-state index is -0.146. The zero-order valence-corrected chi connectivity index (χ0v) is 16.4. The zero-order chi connectivity index (χ0) is 18.5. The van der Waals surface area contributed by atoms with Gasteiger partial charge in [0.1, 0.15) is 5.01 Å². The Hall–Kier alpha value is -2.32. The van der Waals surface area contributed by atoms with Crippen LogP contribution in [0.2, 0.25) is 0 Å². The molecule has 1 aromatic carbocycles. The van der Waals surface area contributed by atoms with Crippen LogP contribution in [0.3, 0.4) is 0 Å². The van der Waals surface area contributed by atoms with Gasteiger partial charge in [0.15, 0.2) is 5.16 Å². The molecule has 0 unspecified atom stereocenters. The van der Waals surface area contributed by atoms with Crippen LogP contribution in [0.15, 0.2) is 41.6 Å². The molecule has 0 radical (unpaired) electrons. The minimum Gasteiger partial charge on any atom is -0.300 e. The predicted molar refractivity (Wildman–Crippen MR) is 106 cm³/mol. The van der Waals surface area contributed by atoms with Crippen LogP contribution in [0.25, 0.3) is 11.3 Å². The van der Waals surface area contributed by atoms with E-state index < -0.39 is 0 Å². The van der Waals surface area contributed by atoms with E-state index in [2.05, 4.69) is 25.5 Å². The molecule has 0 saturated heterocycles. The first-order valence-corrected chi connectivity index (χ1v) is 9.98. The van der Waals surface area contributed by atoms with Gasteiger partial charge in [0, 0.05) is 17.2 Å². The molecular weight excluding hydrogens is 366 g/mol. The van der Waals surface area contributed by atoms with Gasteiger partial charge < -0.3 is 0 Å². The van der Waals surface area contributed by atoms with E-state index in [1.54, 1.807) is 0 Å². The average Bonchev–Trinajstić information content (AvgIpc) is 3.09. The first-order valence-electron chi connectivity index (χ1n) is 8.18. The van der Waals surface area contributed by atoms with E-state index in [-0.39, 0.29) is 11.7 Å². The van der Waals surface area contributed by atoms with Crippen LogP contribution >= 0.6 is 23.1 Å². The lowest BCUT2D eigenvalue weighted by Gasteiger charge is -2.06. The normalized spacial score (nSPS) is 10.9. The van der Waals surface area contributed by atoms with E-state index in [4.69, 9.17) is 0 Å². The highest BCUT2D eigenvalue weighted by Crippen LogP contribution is 2.24. The lowest BCUT2D eigenvalue weighted by atomic mass is 10.1. The predicted octanol–water partition coefficient (Wildman–Crippen LogP) is 4.16. The molecule has 6 nitrogen and oxygen atoms in total. The molecule has 3 rings (SSSR count). The molecule has 0 saturated carbocycles. The molecule has 1 N–H and O–H groups in total. The number of nitrogens with one attached hydrogen (secondary N) is 1. The molecule has 26 heavy (non-hydrogen) atoms. The summed E-state index contributed by atoms with van der Waals surface area (Å²) >= 11 is 2.70. The zero-order valence-electron chi connectivity index (χ0n) is 14.8. The Morgan fingerprint density at radius 3 is 2.65 bits per heavy atom. The number of amides is 1. The van der Waals surface area contributed by atoms with Crippen molar-refractivity contribution in [3.8, 4) is 11.3 Å². The van der Waals surface area contributed by atoms with Crippen LogP contribution in [-0.2, 0) is 4.79 Å². The summed E-state index contributed by atoms with van der Waals surface area (Å²) in [6.45, 7) is 6.01. The number of aryl methyl sites for hydroxylation is 1. The summed E-state index contributed by atoms with van der Waals surface area (Å²) in [7, 11) is 0. The number of nitrogens with zero attached hydrogens (tertiary/aromatic N) is 4. The third-order valence-corrected chi connectivity index (χ3v) is 5.40. The van der Waals surface area contributed by atoms with Gasteiger partial charge >= 0.3 is 0 Å². The Bertz CT molecular complexity index is 896. The number of hydrogen-bond donors (Lipinski definition) is 1. The van der Waals surface area contributed by atoms with Gasteiger partial charge in [0.25, 0.3) is 0 Å². The Morgan fingerprint density at radius 2 is 1.96 bits per heavy atom. The van der Waals surface area contributed by atoms with Gasteiger partial charge in [-0.15, -0.1) is 10.2 Å². The third kappa shape index (κ3) is 4.86. The van der Waals surface area contributed by atoms with Crippen LogP contribution in [-0.4, -0.2) is 31.8 Å². The molecule has 2 aromatic heterocycles. The van der Waals surface area contributed by atoms with Crippen molar-refractivity contribution in [1.29, 1.82) is 0 Å². The maximum Gasteiger partial charge on any atom is 0.236 e. The molecule has 0 aliphatic carbocycles. The largest absolute Gasteiger partial charge is 0.300 e. The first kappa shape index (κ1) is 18.5. The summed E-state index contributed by atoms with van der Waals surface area (Å²) < 4.78 is 0. The number of carbonyl (C=O) groups excluding carboxylic acids is 1. The minimum absolute atomic E-state index is 0.146. The summed E-state index contributed by atoms with van der Waals surface area (Å²) in [6, 6.07) is 11.9. The molecule has 2 heterocycles. The van der Waals surface area contributed by atoms with Gasteiger partial charge in [0.05, 0.1) is 11.4 Å². The standard InChI is InChI=1S/C18H19N5OS2/c1-11(2)16-22-23-18(26-16)21-15(24)10-25-17-19-12(3)9-14(20-17)13-7-5-4-6-8-13/h4-9,11H,10H2,1-3H3,(H,21,23,24). The van der Waals surface area contributed by atoms with Crippen LogP contribution in [0.1, 0.15) is 30.5 Å². The smallest absolute Gasteiger partial charge is 0.236 e. The first-order chi connectivity index (χ1) is 12.5. The second-order valence-corrected chi connectivity index (χ2v) is 7.93.